The van der Waals surface area contributed by atoms with Crippen molar-refractivity contribution in [2.75, 3.05) is 37.4 Å². The van der Waals surface area contributed by atoms with E-state index in [-0.39, 0.29) is 17.7 Å². The van der Waals surface area contributed by atoms with Gasteiger partial charge in [0.15, 0.2) is 5.13 Å². The molecule has 0 aliphatic carbocycles. The molecule has 3 aromatic rings. The molecule has 1 aliphatic heterocycles. The van der Waals surface area contributed by atoms with Crippen molar-refractivity contribution in [3.8, 4) is 11.1 Å². The second-order valence-corrected chi connectivity index (χ2v) is 10.0. The summed E-state index contributed by atoms with van der Waals surface area (Å²) >= 11 is 1.51. The van der Waals surface area contributed by atoms with E-state index in [2.05, 4.69) is 28.3 Å². The van der Waals surface area contributed by atoms with Crippen molar-refractivity contribution in [3.05, 3.63) is 70.9 Å². The number of aryl methyl sites for hydroxylation is 1. The molecule has 0 radical (unpaired) electrons. The van der Waals surface area contributed by atoms with Gasteiger partial charge in [-0.05, 0) is 56.6 Å². The number of aromatic nitrogens is 2. The molecule has 0 unspecified atom stereocenters. The number of hydrogen-bond acceptors (Lipinski definition) is 6. The van der Waals surface area contributed by atoms with Crippen LogP contribution in [-0.4, -0.2) is 53.9 Å². The molecule has 1 aliphatic rings. The molecule has 2 amide bonds. The largest absolute Gasteiger partial charge is 0.306 e. The summed E-state index contributed by atoms with van der Waals surface area (Å²) in [6, 6.07) is 10.1. The van der Waals surface area contributed by atoms with Crippen LogP contribution < -0.4 is 10.2 Å². The smallest absolute Gasteiger partial charge is 0.251 e. The summed E-state index contributed by atoms with van der Waals surface area (Å²) in [4.78, 5) is 39.2. The average Bonchev–Trinajstić information content (AvgIpc) is 3.49. The predicted molar refractivity (Wildman–Crippen MR) is 142 cm³/mol. The van der Waals surface area contributed by atoms with Gasteiger partial charge in [0.05, 0.1) is 5.92 Å². The predicted octanol–water partition coefficient (Wildman–Crippen LogP) is 4.52. The van der Waals surface area contributed by atoms with Crippen LogP contribution in [0.4, 0.5) is 10.9 Å². The van der Waals surface area contributed by atoms with Gasteiger partial charge >= 0.3 is 0 Å². The molecule has 0 bridgehead atoms. The van der Waals surface area contributed by atoms with Crippen LogP contribution in [0, 0.1) is 0 Å². The van der Waals surface area contributed by atoms with Crippen LogP contribution in [0.1, 0.15) is 35.8 Å². The highest BCUT2D eigenvalue weighted by atomic mass is 32.1. The van der Waals surface area contributed by atoms with Crippen molar-refractivity contribution in [1.82, 2.24) is 14.9 Å². The number of nitrogens with zero attached hydrogens (tertiary/aromatic N) is 4. The number of carbonyl (C=O) groups excluding carboxylic acids is 2. The van der Waals surface area contributed by atoms with Gasteiger partial charge in [-0.2, -0.15) is 0 Å². The van der Waals surface area contributed by atoms with Crippen molar-refractivity contribution in [2.45, 2.75) is 32.6 Å². The first-order valence-corrected chi connectivity index (χ1v) is 12.6. The lowest BCUT2D eigenvalue weighted by Crippen LogP contribution is -2.27. The molecular formula is C27H31N5O2S. The van der Waals surface area contributed by atoms with E-state index >= 15 is 0 Å². The molecule has 1 aromatic carbocycles. The third-order valence-electron chi connectivity index (χ3n) is 6.05. The maximum Gasteiger partial charge on any atom is 0.251 e. The van der Waals surface area contributed by atoms with Gasteiger partial charge in [-0.25, -0.2) is 9.97 Å². The Morgan fingerprint density at radius 2 is 2.03 bits per heavy atom. The maximum absolute atomic E-state index is 12.8. The Hall–Kier alpha value is -3.36. The Morgan fingerprint density at radius 1 is 1.20 bits per heavy atom. The number of thiazole rings is 1. The van der Waals surface area contributed by atoms with Crippen LogP contribution in [0.5, 0.6) is 0 Å². The van der Waals surface area contributed by atoms with E-state index in [1.807, 2.05) is 56.3 Å². The van der Waals surface area contributed by atoms with Gasteiger partial charge in [0.1, 0.15) is 5.82 Å². The second kappa shape index (κ2) is 10.9. The Kier molecular flexibility index (Phi) is 7.73. The zero-order valence-electron chi connectivity index (χ0n) is 20.6. The number of hydrogen-bond donors (Lipinski definition) is 1. The van der Waals surface area contributed by atoms with Crippen molar-refractivity contribution in [2.24, 2.45) is 0 Å². The molecule has 0 saturated heterocycles. The number of carbonyl (C=O) groups is 2. The van der Waals surface area contributed by atoms with Crippen molar-refractivity contribution in [1.29, 1.82) is 0 Å². The molecule has 1 N–H and O–H groups in total. The molecule has 2 aromatic heterocycles. The first-order valence-electron chi connectivity index (χ1n) is 11.8. The highest BCUT2D eigenvalue weighted by molar-refractivity contribution is 7.15. The van der Waals surface area contributed by atoms with Gasteiger partial charge in [-0.3, -0.25) is 14.5 Å². The molecule has 0 saturated carbocycles. The lowest BCUT2D eigenvalue weighted by Gasteiger charge is -2.15. The molecule has 3 heterocycles. The lowest BCUT2D eigenvalue weighted by atomic mass is 9.95. The van der Waals surface area contributed by atoms with E-state index in [1.54, 1.807) is 23.4 Å². The molecular weight excluding hydrogens is 458 g/mol. The summed E-state index contributed by atoms with van der Waals surface area (Å²) in [5.74, 6) is 0.280. The van der Waals surface area contributed by atoms with Crippen LogP contribution in [0.2, 0.25) is 0 Å². The zero-order chi connectivity index (χ0) is 24.9. The third-order valence-corrected chi connectivity index (χ3v) is 7.10. The van der Waals surface area contributed by atoms with E-state index in [0.29, 0.717) is 11.7 Å². The fourth-order valence-corrected chi connectivity index (χ4v) is 4.73. The Labute approximate surface area is 210 Å². The number of amides is 2. The number of likely N-dealkylation sites (N-methyl/N-ethyl adjacent to an activating group) is 1. The van der Waals surface area contributed by atoms with Gasteiger partial charge < -0.3 is 10.2 Å². The standard InChI is InChI=1S/C27H31N5O2S/c1-5-23-17-29-27(35-23)30-26(34)18(2)19-8-6-9-20(14-19)22-15-21-11-13-32(25(21)28-16-22)24(33)10-7-12-31(3)4/h6-10,14-18H,5,11-13H2,1-4H3,(H,29,30,34)/b10-7+/t18-/m0/s1. The quantitative estimate of drug-likeness (QED) is 0.471. The Balaban J connectivity index is 1.48. The molecule has 1 atom stereocenters. The number of nitrogens with one attached hydrogen (secondary N) is 1. The highest BCUT2D eigenvalue weighted by Gasteiger charge is 2.25. The fourth-order valence-electron chi connectivity index (χ4n) is 3.98. The van der Waals surface area contributed by atoms with Crippen LogP contribution in [-0.2, 0) is 22.4 Å². The van der Waals surface area contributed by atoms with E-state index in [0.717, 1.165) is 52.3 Å². The van der Waals surface area contributed by atoms with Crippen LogP contribution in [0.15, 0.2) is 54.9 Å². The summed E-state index contributed by atoms with van der Waals surface area (Å²) in [6.45, 7) is 5.32. The van der Waals surface area contributed by atoms with E-state index in [1.165, 1.54) is 11.3 Å². The number of rotatable bonds is 8. The van der Waals surface area contributed by atoms with Crippen LogP contribution >= 0.6 is 11.3 Å². The molecule has 0 fully saturated rings. The van der Waals surface area contributed by atoms with E-state index < -0.39 is 0 Å². The monoisotopic (exact) mass is 489 g/mol. The zero-order valence-corrected chi connectivity index (χ0v) is 21.4. The minimum Gasteiger partial charge on any atom is -0.306 e. The number of anilines is 2. The first kappa shape index (κ1) is 24.8. The van der Waals surface area contributed by atoms with Gasteiger partial charge in [-0.1, -0.05) is 37.3 Å². The van der Waals surface area contributed by atoms with Gasteiger partial charge in [0.2, 0.25) is 5.91 Å². The molecule has 7 nitrogen and oxygen atoms in total. The summed E-state index contributed by atoms with van der Waals surface area (Å²) in [7, 11) is 3.93. The summed E-state index contributed by atoms with van der Waals surface area (Å²) in [6.07, 6.45) is 8.78. The minimum atomic E-state index is -0.326. The molecule has 35 heavy (non-hydrogen) atoms. The lowest BCUT2D eigenvalue weighted by molar-refractivity contribution is -0.117. The van der Waals surface area contributed by atoms with Gasteiger partial charge in [-0.15, -0.1) is 11.3 Å². The van der Waals surface area contributed by atoms with Crippen LogP contribution in [0.3, 0.4) is 0 Å². The SMILES string of the molecule is CCc1cnc(NC(=O)[C@@H](C)c2cccc(-c3cnc4c(c3)CCN4C(=O)/C=C/CN(C)C)c2)s1. The van der Waals surface area contributed by atoms with Gasteiger partial charge in [0.25, 0.3) is 5.91 Å². The van der Waals surface area contributed by atoms with E-state index in [4.69, 9.17) is 0 Å². The highest BCUT2D eigenvalue weighted by Crippen LogP contribution is 2.31. The van der Waals surface area contributed by atoms with Gasteiger partial charge in [0, 0.05) is 42.0 Å². The Bertz CT molecular complexity index is 1250. The summed E-state index contributed by atoms with van der Waals surface area (Å²) in [5.41, 5.74) is 3.96. The number of benzene rings is 1. The summed E-state index contributed by atoms with van der Waals surface area (Å²) < 4.78 is 0. The normalized spacial score (nSPS) is 13.9. The third kappa shape index (κ3) is 5.83. The van der Waals surface area contributed by atoms with Crippen molar-refractivity contribution < 1.29 is 9.59 Å². The first-order chi connectivity index (χ1) is 16.9. The maximum atomic E-state index is 12.8. The molecule has 182 valence electrons. The fraction of sp³-hybridized carbons (Fsp3) is 0.333. The van der Waals surface area contributed by atoms with Crippen molar-refractivity contribution in [3.63, 3.8) is 0 Å². The molecule has 4 rings (SSSR count). The molecule has 8 heteroatoms. The average molecular weight is 490 g/mol. The second-order valence-electron chi connectivity index (χ2n) is 8.93. The Morgan fingerprint density at radius 3 is 2.77 bits per heavy atom. The minimum absolute atomic E-state index is 0.0426. The van der Waals surface area contributed by atoms with Crippen molar-refractivity contribution >= 4 is 34.1 Å². The van der Waals surface area contributed by atoms with E-state index in [9.17, 15) is 9.59 Å². The summed E-state index contributed by atoms with van der Waals surface area (Å²) in [5, 5.41) is 3.57. The molecule has 0 spiro atoms. The van der Waals surface area contributed by atoms with Crippen LogP contribution in [0.25, 0.3) is 11.1 Å². The number of pyridine rings is 1. The number of fused-ring (bicyclic) bond motifs is 1. The topological polar surface area (TPSA) is 78.4 Å².